The highest BCUT2D eigenvalue weighted by Crippen LogP contribution is 2.35. The fourth-order valence-electron chi connectivity index (χ4n) is 3.07. The molecule has 1 unspecified atom stereocenters. The number of fused-ring (bicyclic) bond motifs is 1. The summed E-state index contributed by atoms with van der Waals surface area (Å²) in [7, 11) is 1.60. The zero-order valence-corrected chi connectivity index (χ0v) is 16.0. The second-order valence-electron chi connectivity index (χ2n) is 6.68. The van der Waals surface area contributed by atoms with E-state index in [4.69, 9.17) is 13.9 Å². The number of benzene rings is 1. The lowest BCUT2D eigenvalue weighted by Crippen LogP contribution is -2.34. The molecule has 0 saturated heterocycles. The van der Waals surface area contributed by atoms with E-state index in [1.54, 1.807) is 32.2 Å². The summed E-state index contributed by atoms with van der Waals surface area (Å²) in [6.07, 6.45) is 1.06. The molecule has 0 fully saturated rings. The van der Waals surface area contributed by atoms with Crippen LogP contribution in [0.25, 0.3) is 0 Å². The second-order valence-corrected chi connectivity index (χ2v) is 6.68. The first kappa shape index (κ1) is 18.7. The van der Waals surface area contributed by atoms with E-state index in [0.717, 1.165) is 0 Å². The van der Waals surface area contributed by atoms with E-state index in [2.05, 4.69) is 14.7 Å². The maximum atomic E-state index is 12.7. The molecule has 9 heteroatoms. The molecule has 0 spiro atoms. The van der Waals surface area contributed by atoms with Gasteiger partial charge < -0.3 is 23.3 Å². The lowest BCUT2D eigenvalue weighted by atomic mass is 10.1. The normalized spacial score (nSPS) is 15.2. The second kappa shape index (κ2) is 7.78. The summed E-state index contributed by atoms with van der Waals surface area (Å²) in [5, 5.41) is 3.70. The number of amides is 1. The maximum absolute atomic E-state index is 12.7. The van der Waals surface area contributed by atoms with Crippen molar-refractivity contribution in [2.24, 2.45) is 0 Å². The minimum Gasteiger partial charge on any atom is -0.485 e. The minimum atomic E-state index is -0.709. The van der Waals surface area contributed by atoms with Crippen LogP contribution >= 0.6 is 0 Å². The summed E-state index contributed by atoms with van der Waals surface area (Å²) >= 11 is 0. The average molecular weight is 397 g/mol. The van der Waals surface area contributed by atoms with Gasteiger partial charge in [0.25, 0.3) is 5.91 Å². The van der Waals surface area contributed by atoms with Gasteiger partial charge in [-0.1, -0.05) is 17.3 Å². The highest BCUT2D eigenvalue weighted by molar-refractivity contribution is 5.94. The Hall–Kier alpha value is -3.62. The van der Waals surface area contributed by atoms with Crippen molar-refractivity contribution in [3.63, 3.8) is 0 Å². The zero-order valence-electron chi connectivity index (χ0n) is 16.0. The summed E-state index contributed by atoms with van der Waals surface area (Å²) in [4.78, 5) is 30.7. The monoisotopic (exact) mass is 397 g/mol. The first-order chi connectivity index (χ1) is 14.0. The lowest BCUT2D eigenvalue weighted by Gasteiger charge is -2.26. The molecule has 3 heterocycles. The van der Waals surface area contributed by atoms with Gasteiger partial charge in [0.1, 0.15) is 12.2 Å². The number of aryl methyl sites for hydroxylation is 1. The number of nitrogens with zero attached hydrogens (tertiary/aromatic N) is 3. The number of hydrogen-bond donors (Lipinski definition) is 0. The third-order valence-corrected chi connectivity index (χ3v) is 4.63. The van der Waals surface area contributed by atoms with Crippen molar-refractivity contribution in [1.29, 1.82) is 0 Å². The highest BCUT2D eigenvalue weighted by Gasteiger charge is 2.27. The molecule has 0 aliphatic carbocycles. The van der Waals surface area contributed by atoms with Crippen LogP contribution < -0.4 is 15.1 Å². The van der Waals surface area contributed by atoms with Crippen molar-refractivity contribution in [3.05, 3.63) is 69.9 Å². The van der Waals surface area contributed by atoms with Gasteiger partial charge in [-0.25, -0.2) is 4.79 Å². The molecule has 1 aliphatic heterocycles. The van der Waals surface area contributed by atoms with Gasteiger partial charge in [-0.2, -0.15) is 4.98 Å². The molecular weight excluding hydrogens is 378 g/mol. The number of carbonyl (C=O) groups excluding carboxylic acids is 1. The van der Waals surface area contributed by atoms with Crippen LogP contribution in [0.2, 0.25) is 0 Å². The maximum Gasteiger partial charge on any atom is 0.349 e. The number of rotatable bonds is 5. The molecule has 3 aromatic rings. The highest BCUT2D eigenvalue weighted by atomic mass is 16.6. The van der Waals surface area contributed by atoms with Crippen LogP contribution in [0.5, 0.6) is 11.5 Å². The first-order valence-corrected chi connectivity index (χ1v) is 9.07. The molecule has 1 atom stereocenters. The van der Waals surface area contributed by atoms with Gasteiger partial charge in [-0.15, -0.1) is 0 Å². The van der Waals surface area contributed by atoms with E-state index < -0.39 is 17.6 Å². The van der Waals surface area contributed by atoms with Crippen molar-refractivity contribution < 1.29 is 23.2 Å². The molecule has 0 N–H and O–H groups in total. The molecule has 1 amide bonds. The quantitative estimate of drug-likeness (QED) is 0.644. The Balaban J connectivity index is 1.51. The minimum absolute atomic E-state index is 0.0125. The van der Waals surface area contributed by atoms with Crippen LogP contribution in [0.3, 0.4) is 0 Å². The average Bonchev–Trinajstić information content (AvgIpc) is 3.24. The van der Waals surface area contributed by atoms with Crippen molar-refractivity contribution in [2.75, 3.05) is 20.2 Å². The predicted molar refractivity (Wildman–Crippen MR) is 100.0 cm³/mol. The molecule has 0 radical (unpaired) electrons. The van der Waals surface area contributed by atoms with Crippen molar-refractivity contribution in [3.8, 4) is 11.5 Å². The topological polar surface area (TPSA) is 108 Å². The molecule has 29 heavy (non-hydrogen) atoms. The lowest BCUT2D eigenvalue weighted by molar-refractivity contribution is 0.0710. The Morgan fingerprint density at radius 2 is 2.07 bits per heavy atom. The number of carbonyl (C=O) groups is 1. The molecule has 1 aromatic carbocycles. The molecule has 2 aromatic heterocycles. The van der Waals surface area contributed by atoms with Gasteiger partial charge >= 0.3 is 5.63 Å². The SMILES string of the molecule is Cc1cc(C2COc3ccccc3O2)oc(=O)c1C(=O)N(C)CCc1ncon1. The van der Waals surface area contributed by atoms with E-state index in [1.807, 2.05) is 12.1 Å². The van der Waals surface area contributed by atoms with Crippen LogP contribution in [-0.2, 0) is 6.42 Å². The molecule has 1 aliphatic rings. The molecule has 0 bridgehead atoms. The van der Waals surface area contributed by atoms with E-state index in [9.17, 15) is 9.59 Å². The van der Waals surface area contributed by atoms with E-state index >= 15 is 0 Å². The van der Waals surface area contributed by atoms with Crippen LogP contribution in [-0.4, -0.2) is 41.1 Å². The smallest absolute Gasteiger partial charge is 0.349 e. The molecular formula is C20H19N3O6. The zero-order chi connectivity index (χ0) is 20.4. The number of ether oxygens (including phenoxy) is 2. The van der Waals surface area contributed by atoms with E-state index in [-0.39, 0.29) is 12.2 Å². The van der Waals surface area contributed by atoms with Crippen molar-refractivity contribution in [1.82, 2.24) is 15.0 Å². The number of likely N-dealkylation sites (N-methyl/N-ethyl adjacent to an activating group) is 1. The van der Waals surface area contributed by atoms with Gasteiger partial charge in [0.2, 0.25) is 6.39 Å². The summed E-state index contributed by atoms with van der Waals surface area (Å²) in [5.41, 5.74) is -0.213. The fraction of sp³-hybridized carbons (Fsp3) is 0.300. The molecule has 0 saturated carbocycles. The Morgan fingerprint density at radius 1 is 1.28 bits per heavy atom. The Kier molecular flexibility index (Phi) is 5.03. The van der Waals surface area contributed by atoms with Gasteiger partial charge in [-0.05, 0) is 30.7 Å². The Bertz CT molecular complexity index is 1080. The molecule has 4 rings (SSSR count). The number of para-hydroxylation sites is 2. The van der Waals surface area contributed by atoms with Crippen molar-refractivity contribution in [2.45, 2.75) is 19.4 Å². The van der Waals surface area contributed by atoms with Crippen LogP contribution in [0.4, 0.5) is 0 Å². The number of hydrogen-bond acceptors (Lipinski definition) is 8. The number of aromatic nitrogens is 2. The van der Waals surface area contributed by atoms with Crippen LogP contribution in [0, 0.1) is 6.92 Å². The predicted octanol–water partition coefficient (Wildman–Crippen LogP) is 2.16. The summed E-state index contributed by atoms with van der Waals surface area (Å²) in [6, 6.07) is 8.91. The van der Waals surface area contributed by atoms with Gasteiger partial charge in [-0.3, -0.25) is 4.79 Å². The molecule has 150 valence electrons. The van der Waals surface area contributed by atoms with Gasteiger partial charge in [0, 0.05) is 20.0 Å². The summed E-state index contributed by atoms with van der Waals surface area (Å²) in [6.45, 7) is 2.23. The third-order valence-electron chi connectivity index (χ3n) is 4.63. The third kappa shape index (κ3) is 3.84. The van der Waals surface area contributed by atoms with Crippen LogP contribution in [0.1, 0.15) is 33.6 Å². The van der Waals surface area contributed by atoms with E-state index in [1.165, 1.54) is 11.3 Å². The molecule has 9 nitrogen and oxygen atoms in total. The fourth-order valence-corrected chi connectivity index (χ4v) is 3.07. The Labute approximate surface area is 165 Å². The van der Waals surface area contributed by atoms with Crippen LogP contribution in [0.15, 0.2) is 50.5 Å². The Morgan fingerprint density at radius 3 is 2.79 bits per heavy atom. The van der Waals surface area contributed by atoms with Gasteiger partial charge in [0.15, 0.2) is 29.2 Å². The van der Waals surface area contributed by atoms with E-state index in [0.29, 0.717) is 41.6 Å². The largest absolute Gasteiger partial charge is 0.485 e. The first-order valence-electron chi connectivity index (χ1n) is 9.07. The van der Waals surface area contributed by atoms with Crippen molar-refractivity contribution >= 4 is 5.91 Å². The summed E-state index contributed by atoms with van der Waals surface area (Å²) in [5.74, 6) is 1.58. The summed E-state index contributed by atoms with van der Waals surface area (Å²) < 4.78 is 21.6. The standard InChI is InChI=1S/C20H19N3O6/c1-12-9-15(16-10-26-13-5-3-4-6-14(13)28-16)29-20(25)18(12)19(24)23(2)8-7-17-21-11-27-22-17/h3-6,9,11,16H,7-8,10H2,1-2H3. The van der Waals surface area contributed by atoms with Gasteiger partial charge in [0.05, 0.1) is 0 Å².